The van der Waals surface area contributed by atoms with Crippen molar-refractivity contribution in [3.8, 4) is 28.6 Å². The highest BCUT2D eigenvalue weighted by Crippen LogP contribution is 2.45. The predicted octanol–water partition coefficient (Wildman–Crippen LogP) is 4.40. The Labute approximate surface area is 147 Å². The zero-order valence-corrected chi connectivity index (χ0v) is 14.9. The van der Waals surface area contributed by atoms with Gasteiger partial charge in [-0.1, -0.05) is 0 Å². The van der Waals surface area contributed by atoms with Crippen LogP contribution in [0.2, 0.25) is 0 Å². The van der Waals surface area contributed by atoms with Gasteiger partial charge in [-0.15, -0.1) is 0 Å². The molecular weight excluding hydrogens is 432 g/mol. The van der Waals surface area contributed by atoms with E-state index >= 15 is 0 Å². The van der Waals surface area contributed by atoms with Crippen LogP contribution in [0.15, 0.2) is 48.5 Å². The number of ether oxygens (including phenoxy) is 1. The third-order valence-electron chi connectivity index (χ3n) is 3.38. The molecule has 118 valence electrons. The molecule has 0 amide bonds. The van der Waals surface area contributed by atoms with Crippen molar-refractivity contribution < 1.29 is 19.4 Å². The van der Waals surface area contributed by atoms with Gasteiger partial charge in [0.1, 0.15) is 31.6 Å². The lowest BCUT2D eigenvalue weighted by Crippen LogP contribution is -2.02. The molecule has 0 saturated carbocycles. The molecule has 0 aliphatic rings. The van der Waals surface area contributed by atoms with E-state index in [4.69, 9.17) is 9.15 Å². The summed E-state index contributed by atoms with van der Waals surface area (Å²) in [6, 6.07) is 8.26. The fraction of sp³-hybridized carbons (Fsp3) is 0.0625. The van der Waals surface area contributed by atoms with Crippen molar-refractivity contribution in [1.29, 1.82) is 0 Å². The minimum atomic E-state index is -0.420. The Hall–Kier alpha value is -1.99. The molecule has 1 aromatic heterocycles. The number of benzene rings is 2. The molecule has 23 heavy (non-hydrogen) atoms. The number of phenols is 2. The van der Waals surface area contributed by atoms with E-state index in [0.29, 0.717) is 17.1 Å². The lowest BCUT2D eigenvalue weighted by molar-refractivity contribution is 0.415. The Kier molecular flexibility index (Phi) is 4.08. The summed E-state index contributed by atoms with van der Waals surface area (Å²) in [6.45, 7) is 0. The smallest absolute Gasteiger partial charge is 0.197 e. The largest absolute Gasteiger partial charge is 0.506 e. The van der Waals surface area contributed by atoms with Crippen LogP contribution in [0, 0.1) is 0 Å². The summed E-state index contributed by atoms with van der Waals surface area (Å²) >= 11 is 6.23. The first kappa shape index (κ1) is 15.9. The predicted molar refractivity (Wildman–Crippen MR) is 93.2 cm³/mol. The molecule has 0 spiro atoms. The molecule has 1 heterocycles. The Morgan fingerprint density at radius 3 is 2.30 bits per heavy atom. The van der Waals surface area contributed by atoms with Crippen LogP contribution < -0.4 is 10.2 Å². The van der Waals surface area contributed by atoms with Crippen LogP contribution in [0.1, 0.15) is 0 Å². The van der Waals surface area contributed by atoms with Crippen LogP contribution in [-0.2, 0) is 0 Å². The van der Waals surface area contributed by atoms with Crippen molar-refractivity contribution in [2.24, 2.45) is 0 Å². The second-order valence-corrected chi connectivity index (χ2v) is 6.32. The molecule has 2 N–H and O–H groups in total. The molecule has 0 radical (unpaired) electrons. The van der Waals surface area contributed by atoms with Crippen LogP contribution in [0.4, 0.5) is 0 Å². The van der Waals surface area contributed by atoms with Crippen molar-refractivity contribution in [2.75, 3.05) is 7.11 Å². The standard InChI is InChI=1S/C16H10Br2O5/c1-22-8-4-2-7(3-5-8)10-6-9(19)11-14(20)12(17)15(21)13(18)16(11)23-10/h2-6,20-21H,1H3. The van der Waals surface area contributed by atoms with Crippen LogP contribution in [0.3, 0.4) is 0 Å². The maximum Gasteiger partial charge on any atom is 0.197 e. The fourth-order valence-electron chi connectivity index (χ4n) is 2.20. The number of phenolic OH excluding ortho intramolecular Hbond substituents is 2. The lowest BCUT2D eigenvalue weighted by atomic mass is 10.1. The normalized spacial score (nSPS) is 10.9. The molecule has 2 aromatic carbocycles. The molecule has 3 aromatic rings. The van der Waals surface area contributed by atoms with E-state index in [-0.39, 0.29) is 31.4 Å². The number of halogens is 2. The monoisotopic (exact) mass is 440 g/mol. The molecule has 0 aliphatic carbocycles. The maximum atomic E-state index is 12.4. The van der Waals surface area contributed by atoms with Crippen molar-refractivity contribution in [3.05, 3.63) is 49.5 Å². The summed E-state index contributed by atoms with van der Waals surface area (Å²) in [5.74, 6) is 0.380. The van der Waals surface area contributed by atoms with Gasteiger partial charge < -0.3 is 19.4 Å². The second kappa shape index (κ2) is 5.90. The average Bonchev–Trinajstić information content (AvgIpc) is 2.57. The first-order chi connectivity index (χ1) is 10.9. The first-order valence-corrected chi connectivity index (χ1v) is 8.03. The van der Waals surface area contributed by atoms with Gasteiger partial charge in [-0.2, -0.15) is 0 Å². The van der Waals surface area contributed by atoms with Gasteiger partial charge in [0.15, 0.2) is 16.8 Å². The highest BCUT2D eigenvalue weighted by molar-refractivity contribution is 9.11. The summed E-state index contributed by atoms with van der Waals surface area (Å²) in [4.78, 5) is 12.4. The third kappa shape index (κ3) is 2.60. The minimum absolute atomic E-state index is 0.0150. The molecule has 0 atom stereocenters. The van der Waals surface area contributed by atoms with E-state index in [1.807, 2.05) is 0 Å². The highest BCUT2D eigenvalue weighted by atomic mass is 79.9. The molecule has 5 nitrogen and oxygen atoms in total. The highest BCUT2D eigenvalue weighted by Gasteiger charge is 2.21. The molecular formula is C16H10Br2O5. The topological polar surface area (TPSA) is 79.9 Å². The third-order valence-corrected chi connectivity index (χ3v) is 4.87. The quantitative estimate of drug-likeness (QED) is 0.615. The number of fused-ring (bicyclic) bond motifs is 1. The SMILES string of the molecule is COc1ccc(-c2cc(=O)c3c(O)c(Br)c(O)c(Br)c3o2)cc1. The molecule has 0 saturated heterocycles. The molecule has 0 bridgehead atoms. The molecule has 7 heteroatoms. The van der Waals surface area contributed by atoms with Gasteiger partial charge in [0.25, 0.3) is 0 Å². The van der Waals surface area contributed by atoms with Gasteiger partial charge in [0, 0.05) is 11.6 Å². The van der Waals surface area contributed by atoms with E-state index in [2.05, 4.69) is 31.9 Å². The lowest BCUT2D eigenvalue weighted by Gasteiger charge is -2.09. The van der Waals surface area contributed by atoms with E-state index < -0.39 is 5.43 Å². The molecule has 0 fully saturated rings. The average molecular weight is 442 g/mol. The number of hydrogen-bond donors (Lipinski definition) is 2. The van der Waals surface area contributed by atoms with Gasteiger partial charge in [-0.25, -0.2) is 0 Å². The Bertz CT molecular complexity index is 961. The van der Waals surface area contributed by atoms with E-state index in [9.17, 15) is 15.0 Å². The number of aromatic hydroxyl groups is 2. The van der Waals surface area contributed by atoms with Crippen LogP contribution in [0.25, 0.3) is 22.3 Å². The van der Waals surface area contributed by atoms with Gasteiger partial charge in [-0.05, 0) is 56.1 Å². The van der Waals surface area contributed by atoms with E-state index in [1.165, 1.54) is 6.07 Å². The van der Waals surface area contributed by atoms with E-state index in [0.717, 1.165) is 0 Å². The number of methoxy groups -OCH3 is 1. The van der Waals surface area contributed by atoms with Crippen molar-refractivity contribution >= 4 is 42.8 Å². The second-order valence-electron chi connectivity index (χ2n) is 4.73. The Balaban J connectivity index is 2.31. The zero-order valence-electron chi connectivity index (χ0n) is 11.8. The van der Waals surface area contributed by atoms with Gasteiger partial charge in [0.2, 0.25) is 0 Å². The van der Waals surface area contributed by atoms with Crippen LogP contribution >= 0.6 is 31.9 Å². The first-order valence-electron chi connectivity index (χ1n) is 6.45. The molecule has 3 rings (SSSR count). The summed E-state index contributed by atoms with van der Waals surface area (Å²) < 4.78 is 11.0. The number of hydrogen-bond acceptors (Lipinski definition) is 5. The number of rotatable bonds is 2. The van der Waals surface area contributed by atoms with Crippen LogP contribution in [-0.4, -0.2) is 17.3 Å². The van der Waals surface area contributed by atoms with Crippen molar-refractivity contribution in [2.45, 2.75) is 0 Å². The van der Waals surface area contributed by atoms with Gasteiger partial charge in [0.05, 0.1) is 7.11 Å². The van der Waals surface area contributed by atoms with Crippen LogP contribution in [0.5, 0.6) is 17.2 Å². The van der Waals surface area contributed by atoms with E-state index in [1.54, 1.807) is 31.4 Å². The van der Waals surface area contributed by atoms with Gasteiger partial charge in [-0.3, -0.25) is 4.79 Å². The summed E-state index contributed by atoms with van der Waals surface area (Å²) in [5, 5.41) is 20.0. The fourth-order valence-corrected chi connectivity index (χ4v) is 3.34. The maximum absolute atomic E-state index is 12.4. The summed E-state index contributed by atoms with van der Waals surface area (Å²) in [6.07, 6.45) is 0. The zero-order chi connectivity index (χ0) is 16.7. The van der Waals surface area contributed by atoms with Crippen molar-refractivity contribution in [3.63, 3.8) is 0 Å². The summed E-state index contributed by atoms with van der Waals surface area (Å²) in [7, 11) is 1.56. The summed E-state index contributed by atoms with van der Waals surface area (Å²) in [5.41, 5.74) is 0.316. The minimum Gasteiger partial charge on any atom is -0.506 e. The van der Waals surface area contributed by atoms with Crippen molar-refractivity contribution in [1.82, 2.24) is 0 Å². The Morgan fingerprint density at radius 2 is 1.70 bits per heavy atom. The Morgan fingerprint density at radius 1 is 1.04 bits per heavy atom. The van der Waals surface area contributed by atoms with Gasteiger partial charge >= 0.3 is 0 Å². The molecule has 0 aliphatic heterocycles. The molecule has 0 unspecified atom stereocenters.